The van der Waals surface area contributed by atoms with E-state index < -0.39 is 6.10 Å². The quantitative estimate of drug-likeness (QED) is 0.804. The van der Waals surface area contributed by atoms with Crippen molar-refractivity contribution >= 4 is 16.8 Å². The first-order chi connectivity index (χ1) is 9.42. The number of ether oxygens (including phenoxy) is 1. The lowest BCUT2D eigenvalue weighted by Crippen LogP contribution is -2.21. The van der Waals surface area contributed by atoms with Crippen LogP contribution in [0.3, 0.4) is 0 Å². The molecule has 0 saturated heterocycles. The van der Waals surface area contributed by atoms with Crippen LogP contribution in [-0.2, 0) is 11.2 Å². The van der Waals surface area contributed by atoms with E-state index in [-0.39, 0.29) is 11.4 Å². The summed E-state index contributed by atoms with van der Waals surface area (Å²) in [6, 6.07) is 5.14. The van der Waals surface area contributed by atoms with Crippen molar-refractivity contribution in [3.8, 4) is 5.75 Å². The third kappa shape index (κ3) is 2.74. The highest BCUT2D eigenvalue weighted by Gasteiger charge is 2.15. The van der Waals surface area contributed by atoms with Crippen LogP contribution in [0.5, 0.6) is 5.75 Å². The van der Waals surface area contributed by atoms with Crippen LogP contribution in [0, 0.1) is 6.92 Å². The van der Waals surface area contributed by atoms with E-state index in [4.69, 9.17) is 9.15 Å². The van der Waals surface area contributed by atoms with E-state index in [2.05, 4.69) is 0 Å². The molecule has 0 unspecified atom stereocenters. The second-order valence-corrected chi connectivity index (χ2v) is 4.95. The fourth-order valence-electron chi connectivity index (χ4n) is 2.12. The number of aryl methyl sites for hydroxylation is 2. The fraction of sp³-hybridized carbons (Fsp3) is 0.375. The Balaban J connectivity index is 2.69. The Hall–Kier alpha value is -2.10. The standard InChI is InChI=1S/C16H18O4/c1-5-12-8-15(18)20-14-7-9(2)6-13(16(12)14)19-11(4)10(3)17/h6-8,11H,5H2,1-4H3/t11-/m0/s1. The summed E-state index contributed by atoms with van der Waals surface area (Å²) in [7, 11) is 0. The molecule has 4 nitrogen and oxygen atoms in total. The van der Waals surface area contributed by atoms with Crippen LogP contribution in [0.4, 0.5) is 0 Å². The van der Waals surface area contributed by atoms with Gasteiger partial charge in [-0.1, -0.05) is 6.92 Å². The van der Waals surface area contributed by atoms with Crippen molar-refractivity contribution in [2.75, 3.05) is 0 Å². The van der Waals surface area contributed by atoms with E-state index in [0.29, 0.717) is 17.8 Å². The molecule has 1 heterocycles. The Kier molecular flexibility index (Phi) is 3.93. The molecule has 0 N–H and O–H groups in total. The maximum Gasteiger partial charge on any atom is 0.336 e. The number of carbonyl (C=O) groups is 1. The first-order valence-corrected chi connectivity index (χ1v) is 6.67. The van der Waals surface area contributed by atoms with Gasteiger partial charge in [0.2, 0.25) is 0 Å². The number of Topliss-reactive ketones (excluding diaryl/α,β-unsaturated/α-hetero) is 1. The molecule has 2 rings (SSSR count). The third-order valence-corrected chi connectivity index (χ3v) is 3.29. The van der Waals surface area contributed by atoms with Gasteiger partial charge < -0.3 is 9.15 Å². The fourth-order valence-corrected chi connectivity index (χ4v) is 2.12. The van der Waals surface area contributed by atoms with Gasteiger partial charge in [-0.25, -0.2) is 4.79 Å². The SMILES string of the molecule is CCc1cc(=O)oc2cc(C)cc(O[C@@H](C)C(C)=O)c12. The normalized spacial score (nSPS) is 12.4. The summed E-state index contributed by atoms with van der Waals surface area (Å²) in [5, 5.41) is 0.769. The summed E-state index contributed by atoms with van der Waals surface area (Å²) < 4.78 is 11.0. The second-order valence-electron chi connectivity index (χ2n) is 4.95. The Bertz CT molecular complexity index is 712. The number of carbonyl (C=O) groups excluding carboxylic acids is 1. The number of hydrogen-bond acceptors (Lipinski definition) is 4. The minimum atomic E-state index is -0.531. The molecule has 0 saturated carbocycles. The van der Waals surface area contributed by atoms with Crippen LogP contribution in [0.2, 0.25) is 0 Å². The number of hydrogen-bond donors (Lipinski definition) is 0. The molecule has 106 valence electrons. The molecule has 1 aromatic heterocycles. The number of ketones is 1. The van der Waals surface area contributed by atoms with Gasteiger partial charge in [0, 0.05) is 6.07 Å². The van der Waals surface area contributed by atoms with Gasteiger partial charge in [0.1, 0.15) is 11.3 Å². The van der Waals surface area contributed by atoms with Gasteiger partial charge in [-0.3, -0.25) is 4.79 Å². The molecule has 0 fully saturated rings. The molecule has 0 aliphatic rings. The molecule has 0 aliphatic heterocycles. The average Bonchev–Trinajstić information content (AvgIpc) is 2.36. The minimum Gasteiger partial charge on any atom is -0.482 e. The summed E-state index contributed by atoms with van der Waals surface area (Å²) in [5.74, 6) is 0.540. The lowest BCUT2D eigenvalue weighted by atomic mass is 10.0. The molecule has 0 bridgehead atoms. The van der Waals surface area contributed by atoms with Gasteiger partial charge in [0.15, 0.2) is 11.9 Å². The maximum atomic E-state index is 11.6. The van der Waals surface area contributed by atoms with Gasteiger partial charge >= 0.3 is 5.63 Å². The first kappa shape index (κ1) is 14.3. The van der Waals surface area contributed by atoms with E-state index in [1.54, 1.807) is 13.0 Å². The Morgan fingerprint density at radius 2 is 2.05 bits per heavy atom. The van der Waals surface area contributed by atoms with Crippen molar-refractivity contribution in [3.05, 3.63) is 39.7 Å². The zero-order valence-electron chi connectivity index (χ0n) is 12.1. The molecule has 0 spiro atoms. The van der Waals surface area contributed by atoms with Crippen molar-refractivity contribution in [1.82, 2.24) is 0 Å². The number of rotatable bonds is 4. The van der Waals surface area contributed by atoms with Crippen molar-refractivity contribution in [2.24, 2.45) is 0 Å². The molecule has 1 aromatic carbocycles. The smallest absolute Gasteiger partial charge is 0.336 e. The number of benzene rings is 1. The highest BCUT2D eigenvalue weighted by Crippen LogP contribution is 2.30. The molecule has 20 heavy (non-hydrogen) atoms. The van der Waals surface area contributed by atoms with Gasteiger partial charge in [-0.2, -0.15) is 0 Å². The van der Waals surface area contributed by atoms with Crippen LogP contribution < -0.4 is 10.4 Å². The Morgan fingerprint density at radius 1 is 1.35 bits per heavy atom. The molecule has 0 aliphatic carbocycles. The van der Waals surface area contributed by atoms with Crippen molar-refractivity contribution in [2.45, 2.75) is 40.2 Å². The summed E-state index contributed by atoms with van der Waals surface area (Å²) in [4.78, 5) is 22.9. The minimum absolute atomic E-state index is 0.0462. The topological polar surface area (TPSA) is 56.5 Å². The number of fused-ring (bicyclic) bond motifs is 1. The van der Waals surface area contributed by atoms with Gasteiger partial charge in [-0.15, -0.1) is 0 Å². The molecule has 0 radical (unpaired) electrons. The lowest BCUT2D eigenvalue weighted by Gasteiger charge is -2.15. The van der Waals surface area contributed by atoms with E-state index >= 15 is 0 Å². The van der Waals surface area contributed by atoms with Crippen molar-refractivity contribution in [3.63, 3.8) is 0 Å². The molecule has 1 atom stereocenters. The van der Waals surface area contributed by atoms with E-state index in [9.17, 15) is 9.59 Å². The monoisotopic (exact) mass is 274 g/mol. The van der Waals surface area contributed by atoms with E-state index in [1.165, 1.54) is 13.0 Å². The first-order valence-electron chi connectivity index (χ1n) is 6.67. The molecular formula is C16H18O4. The van der Waals surface area contributed by atoms with Crippen LogP contribution in [0.1, 0.15) is 31.9 Å². The summed E-state index contributed by atoms with van der Waals surface area (Å²) in [5.41, 5.74) is 1.91. The molecule has 4 heteroatoms. The largest absolute Gasteiger partial charge is 0.482 e. The van der Waals surface area contributed by atoms with E-state index in [0.717, 1.165) is 16.5 Å². The average molecular weight is 274 g/mol. The summed E-state index contributed by atoms with van der Waals surface area (Å²) in [6.07, 6.45) is 0.160. The third-order valence-electron chi connectivity index (χ3n) is 3.29. The molecular weight excluding hydrogens is 256 g/mol. The van der Waals surface area contributed by atoms with Crippen LogP contribution in [0.25, 0.3) is 11.0 Å². The van der Waals surface area contributed by atoms with Gasteiger partial charge in [0.05, 0.1) is 5.39 Å². The predicted octanol–water partition coefficient (Wildman–Crippen LogP) is 3.02. The zero-order chi connectivity index (χ0) is 14.9. The lowest BCUT2D eigenvalue weighted by molar-refractivity contribution is -0.122. The summed E-state index contributed by atoms with van der Waals surface area (Å²) >= 11 is 0. The Labute approximate surface area is 117 Å². The van der Waals surface area contributed by atoms with Crippen molar-refractivity contribution < 1.29 is 13.9 Å². The van der Waals surface area contributed by atoms with E-state index in [1.807, 2.05) is 19.9 Å². The van der Waals surface area contributed by atoms with Crippen LogP contribution in [-0.4, -0.2) is 11.9 Å². The van der Waals surface area contributed by atoms with Gasteiger partial charge in [-0.05, 0) is 50.5 Å². The molecule has 0 amide bonds. The summed E-state index contributed by atoms with van der Waals surface area (Å²) in [6.45, 7) is 7.06. The van der Waals surface area contributed by atoms with Gasteiger partial charge in [0.25, 0.3) is 0 Å². The maximum absolute atomic E-state index is 11.6. The highest BCUT2D eigenvalue weighted by atomic mass is 16.5. The highest BCUT2D eigenvalue weighted by molar-refractivity contribution is 5.88. The van der Waals surface area contributed by atoms with Crippen molar-refractivity contribution in [1.29, 1.82) is 0 Å². The predicted molar refractivity (Wildman–Crippen MR) is 77.4 cm³/mol. The van der Waals surface area contributed by atoms with Crippen LogP contribution >= 0.6 is 0 Å². The zero-order valence-corrected chi connectivity index (χ0v) is 12.1. The van der Waals surface area contributed by atoms with Crippen LogP contribution in [0.15, 0.2) is 27.4 Å². The second kappa shape index (κ2) is 5.49. The molecule has 2 aromatic rings. The Morgan fingerprint density at radius 3 is 2.65 bits per heavy atom.